The third-order valence-corrected chi connectivity index (χ3v) is 8.15. The van der Waals surface area contributed by atoms with Gasteiger partial charge in [0.05, 0.1) is 17.8 Å². The van der Waals surface area contributed by atoms with Crippen LogP contribution in [0.1, 0.15) is 25.5 Å². The highest BCUT2D eigenvalue weighted by atomic mass is 35.5. The molecular weight excluding hydrogens is 608 g/mol. The Morgan fingerprint density at radius 1 is 1.26 bits per heavy atom. The second-order valence-corrected chi connectivity index (χ2v) is 11.1. The summed E-state index contributed by atoms with van der Waals surface area (Å²) in [5, 5.41) is 10.6. The summed E-state index contributed by atoms with van der Waals surface area (Å²) in [5.74, 6) is -2.31. The van der Waals surface area contributed by atoms with E-state index < -0.39 is 34.9 Å². The second-order valence-electron chi connectivity index (χ2n) is 10.5. The molecule has 1 saturated heterocycles. The SMILES string of the molecule is CCc1c(N2CCNC3CCC32)c(=O)c2nc(N(C)C)cnc2n1C1(Cl)C=C(C(F)(F)F)C=CC1N.O=C(O)C(F)(F)F. The number of fused-ring (bicyclic) bond motifs is 2. The third-order valence-electron chi connectivity index (χ3n) is 7.62. The van der Waals surface area contributed by atoms with Gasteiger partial charge in [-0.3, -0.25) is 4.79 Å². The molecule has 2 aromatic heterocycles. The predicted octanol–water partition coefficient (Wildman–Crippen LogP) is 3.27. The first-order chi connectivity index (χ1) is 19.9. The highest BCUT2D eigenvalue weighted by Gasteiger charge is 2.46. The number of nitrogens with zero attached hydrogens (tertiary/aromatic N) is 5. The summed E-state index contributed by atoms with van der Waals surface area (Å²) in [5.41, 5.74) is 6.20. The number of hydrogen-bond acceptors (Lipinski definition) is 8. The van der Waals surface area contributed by atoms with Crippen LogP contribution in [0.25, 0.3) is 11.2 Å². The number of halogens is 7. The van der Waals surface area contributed by atoms with Crippen LogP contribution in [0, 0.1) is 0 Å². The van der Waals surface area contributed by atoms with Crippen LogP contribution in [0.15, 0.2) is 34.8 Å². The highest BCUT2D eigenvalue weighted by Crippen LogP contribution is 2.42. The molecule has 17 heteroatoms. The van der Waals surface area contributed by atoms with Gasteiger partial charge in [0.15, 0.2) is 16.2 Å². The molecule has 0 bridgehead atoms. The van der Waals surface area contributed by atoms with Crippen molar-refractivity contribution in [1.82, 2.24) is 19.9 Å². The summed E-state index contributed by atoms with van der Waals surface area (Å²) < 4.78 is 74.6. The fourth-order valence-electron chi connectivity index (χ4n) is 5.37. The molecule has 4 atom stereocenters. The number of nitrogens with two attached hydrogens (primary N) is 1. The van der Waals surface area contributed by atoms with Crippen LogP contribution in [-0.2, 0) is 16.2 Å². The van der Waals surface area contributed by atoms with Crippen molar-refractivity contribution in [2.45, 2.75) is 61.7 Å². The van der Waals surface area contributed by atoms with Gasteiger partial charge < -0.3 is 30.5 Å². The van der Waals surface area contributed by atoms with E-state index in [1.54, 1.807) is 19.0 Å². The lowest BCUT2D eigenvalue weighted by Gasteiger charge is -2.50. The summed E-state index contributed by atoms with van der Waals surface area (Å²) in [6, 6.07) is -0.642. The Morgan fingerprint density at radius 2 is 1.91 bits per heavy atom. The normalized spacial score (nSPS) is 25.3. The molecule has 3 heterocycles. The smallest absolute Gasteiger partial charge is 0.475 e. The van der Waals surface area contributed by atoms with Gasteiger partial charge in [0, 0.05) is 45.0 Å². The lowest BCUT2D eigenvalue weighted by atomic mass is 9.82. The molecule has 4 unspecified atom stereocenters. The van der Waals surface area contributed by atoms with E-state index in [4.69, 9.17) is 27.2 Å². The Hall–Kier alpha value is -3.37. The average molecular weight is 638 g/mol. The zero-order valence-electron chi connectivity index (χ0n) is 23.3. The first-order valence-electron chi connectivity index (χ1n) is 13.3. The Kier molecular flexibility index (Phi) is 8.79. The van der Waals surface area contributed by atoms with Crippen LogP contribution in [0.2, 0.25) is 0 Å². The van der Waals surface area contributed by atoms with Gasteiger partial charge in [-0.1, -0.05) is 30.7 Å². The number of aliphatic carboxylic acids is 1. The number of aromatic nitrogens is 3. The molecule has 4 N–H and O–H groups in total. The van der Waals surface area contributed by atoms with E-state index in [2.05, 4.69) is 20.2 Å². The third kappa shape index (κ3) is 6.04. The number of hydrogen-bond donors (Lipinski definition) is 3. The number of allylic oxidation sites excluding steroid dienone is 2. The molecule has 1 saturated carbocycles. The number of nitrogens with one attached hydrogen (secondary N) is 1. The van der Waals surface area contributed by atoms with Crippen molar-refractivity contribution in [2.75, 3.05) is 37.0 Å². The molecular formula is C26H30ClF6N7O3. The first-order valence-corrected chi connectivity index (χ1v) is 13.6. The Bertz CT molecular complexity index is 1520. The summed E-state index contributed by atoms with van der Waals surface area (Å²) in [7, 11) is 3.54. The summed E-state index contributed by atoms with van der Waals surface area (Å²) in [6.45, 7) is 3.12. The van der Waals surface area contributed by atoms with Gasteiger partial charge in [-0.05, 0) is 25.3 Å². The van der Waals surface area contributed by atoms with Gasteiger partial charge in [0.2, 0.25) is 5.43 Å². The molecule has 236 valence electrons. The van der Waals surface area contributed by atoms with Gasteiger partial charge in [0.1, 0.15) is 11.5 Å². The van der Waals surface area contributed by atoms with Crippen LogP contribution in [0.3, 0.4) is 0 Å². The minimum atomic E-state index is -5.08. The van der Waals surface area contributed by atoms with Crippen LogP contribution in [0.5, 0.6) is 0 Å². The van der Waals surface area contributed by atoms with Gasteiger partial charge in [0.25, 0.3) is 0 Å². The first kappa shape index (κ1) is 32.5. The zero-order valence-corrected chi connectivity index (χ0v) is 24.1. The minimum absolute atomic E-state index is 0.0477. The average Bonchev–Trinajstić information content (AvgIpc) is 2.89. The van der Waals surface area contributed by atoms with Gasteiger partial charge >= 0.3 is 18.3 Å². The molecule has 0 radical (unpaired) electrons. The van der Waals surface area contributed by atoms with Crippen LogP contribution in [0.4, 0.5) is 37.8 Å². The fourth-order valence-corrected chi connectivity index (χ4v) is 5.75. The van der Waals surface area contributed by atoms with Crippen molar-refractivity contribution >= 4 is 40.2 Å². The maximum Gasteiger partial charge on any atom is 0.490 e. The molecule has 0 aromatic carbocycles. The topological polar surface area (TPSA) is 130 Å². The van der Waals surface area contributed by atoms with E-state index in [1.807, 2.05) is 6.92 Å². The van der Waals surface area contributed by atoms with Crippen molar-refractivity contribution in [3.05, 3.63) is 45.9 Å². The molecule has 2 fully saturated rings. The Morgan fingerprint density at radius 3 is 2.42 bits per heavy atom. The number of rotatable bonds is 4. The lowest BCUT2D eigenvalue weighted by Crippen LogP contribution is -2.64. The van der Waals surface area contributed by atoms with Gasteiger partial charge in [-0.15, -0.1) is 0 Å². The number of carboxylic acids is 1. The number of anilines is 2. The van der Waals surface area contributed by atoms with Gasteiger partial charge in [-0.25, -0.2) is 14.8 Å². The molecule has 1 aliphatic heterocycles. The number of alkyl halides is 7. The van der Waals surface area contributed by atoms with Crippen molar-refractivity contribution in [3.8, 4) is 0 Å². The van der Waals surface area contributed by atoms with E-state index in [-0.39, 0.29) is 28.7 Å². The largest absolute Gasteiger partial charge is 0.490 e. The fraction of sp³-hybridized carbons (Fsp3) is 0.538. The summed E-state index contributed by atoms with van der Waals surface area (Å²) in [6.07, 6.45) is -2.88. The van der Waals surface area contributed by atoms with Gasteiger partial charge in [-0.2, -0.15) is 26.3 Å². The van der Waals surface area contributed by atoms with Crippen molar-refractivity contribution in [2.24, 2.45) is 5.73 Å². The highest BCUT2D eigenvalue weighted by molar-refractivity contribution is 6.24. The maximum atomic E-state index is 14.0. The van der Waals surface area contributed by atoms with Crippen molar-refractivity contribution in [3.63, 3.8) is 0 Å². The molecule has 0 spiro atoms. The standard InChI is InChI=1S/C24H29ClF3N7O.C2HF3O2/c1-4-15-20(34-10-9-30-14-6-7-16(14)34)21(36)19-22(31-12-18(32-19)33(2)3)35(15)23(25)11-13(24(26,27)28)5-8-17(23)29;3-2(4,5)1(6)7/h5,8,11-12,14,16-17,30H,4,6-7,9-10,29H2,1-3H3;(H,6,7). The number of carboxylic acid groups (broad SMARTS) is 1. The van der Waals surface area contributed by atoms with Crippen LogP contribution >= 0.6 is 11.6 Å². The number of pyridine rings is 1. The second kappa shape index (κ2) is 11.6. The zero-order chi connectivity index (χ0) is 32.1. The van der Waals surface area contributed by atoms with E-state index >= 15 is 0 Å². The lowest BCUT2D eigenvalue weighted by molar-refractivity contribution is -0.192. The minimum Gasteiger partial charge on any atom is -0.475 e. The number of piperazine rings is 1. The maximum absolute atomic E-state index is 14.0. The molecule has 5 rings (SSSR count). The molecule has 2 aromatic rings. The van der Waals surface area contributed by atoms with Crippen molar-refractivity contribution in [1.29, 1.82) is 0 Å². The van der Waals surface area contributed by atoms with E-state index in [0.717, 1.165) is 25.0 Å². The molecule has 10 nitrogen and oxygen atoms in total. The van der Waals surface area contributed by atoms with E-state index in [0.29, 0.717) is 36.7 Å². The quantitative estimate of drug-likeness (QED) is 0.342. The van der Waals surface area contributed by atoms with E-state index in [9.17, 15) is 31.1 Å². The van der Waals surface area contributed by atoms with E-state index in [1.165, 1.54) is 16.8 Å². The van der Waals surface area contributed by atoms with Crippen LogP contribution < -0.4 is 26.3 Å². The van der Waals surface area contributed by atoms with Crippen molar-refractivity contribution < 1.29 is 36.2 Å². The number of carbonyl (C=O) groups is 1. The Labute approximate surface area is 246 Å². The predicted molar refractivity (Wildman–Crippen MR) is 148 cm³/mol. The Balaban J connectivity index is 0.000000541. The monoisotopic (exact) mass is 637 g/mol. The summed E-state index contributed by atoms with van der Waals surface area (Å²) in [4.78, 5) is 33.9. The summed E-state index contributed by atoms with van der Waals surface area (Å²) >= 11 is 7.06. The van der Waals surface area contributed by atoms with Crippen LogP contribution in [-0.4, -0.2) is 83.3 Å². The molecule has 43 heavy (non-hydrogen) atoms. The molecule has 3 aliphatic rings. The molecule has 2 aliphatic carbocycles. The molecule has 0 amide bonds.